The maximum atomic E-state index is 10.4. The highest BCUT2D eigenvalue weighted by molar-refractivity contribution is 8.00. The van der Waals surface area contributed by atoms with Gasteiger partial charge in [-0.25, -0.2) is 0 Å². The quantitative estimate of drug-likeness (QED) is 0.744. The smallest absolute Gasteiger partial charge is 0.313 e. The van der Waals surface area contributed by atoms with Gasteiger partial charge in [0.25, 0.3) is 0 Å². The first-order valence-electron chi connectivity index (χ1n) is 4.23. The Morgan fingerprint density at radius 1 is 1.07 bits per heavy atom. The molecule has 0 radical (unpaired) electrons. The second kappa shape index (κ2) is 5.41. The van der Waals surface area contributed by atoms with Crippen LogP contribution in [-0.2, 0) is 16.0 Å². The van der Waals surface area contributed by atoms with Crippen molar-refractivity contribution in [3.63, 3.8) is 0 Å². The summed E-state index contributed by atoms with van der Waals surface area (Å²) in [6.07, 6.45) is -0.0100. The predicted octanol–water partition coefficient (Wildman–Crippen LogP) is 1.49. The van der Waals surface area contributed by atoms with Crippen LogP contribution >= 0.6 is 11.8 Å². The Kier molecular flexibility index (Phi) is 4.17. The largest absolute Gasteiger partial charge is 0.481 e. The lowest BCUT2D eigenvalue weighted by atomic mass is 10.2. The van der Waals surface area contributed by atoms with Gasteiger partial charge in [-0.2, -0.15) is 0 Å². The van der Waals surface area contributed by atoms with Gasteiger partial charge in [0.05, 0.1) is 12.2 Å². The topological polar surface area (TPSA) is 74.6 Å². The average Bonchev–Trinajstić information content (AvgIpc) is 2.16. The van der Waals surface area contributed by atoms with E-state index in [1.165, 1.54) is 11.8 Å². The Labute approximate surface area is 90.9 Å². The van der Waals surface area contributed by atoms with Crippen LogP contribution in [0, 0.1) is 0 Å². The molecule has 1 aromatic carbocycles. The minimum atomic E-state index is -0.874. The molecule has 80 valence electrons. The Morgan fingerprint density at radius 3 is 2.13 bits per heavy atom. The Balaban J connectivity index is 2.56. The van der Waals surface area contributed by atoms with Gasteiger partial charge in [-0.1, -0.05) is 12.1 Å². The third kappa shape index (κ3) is 4.51. The fourth-order valence-corrected chi connectivity index (χ4v) is 1.64. The van der Waals surface area contributed by atoms with E-state index in [0.717, 1.165) is 4.90 Å². The van der Waals surface area contributed by atoms with E-state index >= 15 is 0 Å². The third-order valence-corrected chi connectivity index (χ3v) is 2.64. The maximum Gasteiger partial charge on any atom is 0.313 e. The Bertz CT molecular complexity index is 358. The molecule has 0 aromatic heterocycles. The van der Waals surface area contributed by atoms with Gasteiger partial charge in [0.2, 0.25) is 0 Å². The monoisotopic (exact) mass is 226 g/mol. The highest BCUT2D eigenvalue weighted by Gasteiger charge is 2.02. The molecule has 15 heavy (non-hydrogen) atoms. The molecule has 0 saturated carbocycles. The van der Waals surface area contributed by atoms with E-state index < -0.39 is 11.9 Å². The molecule has 0 unspecified atom stereocenters. The molecular weight excluding hydrogens is 216 g/mol. The summed E-state index contributed by atoms with van der Waals surface area (Å²) in [5.74, 6) is -1.73. The van der Waals surface area contributed by atoms with Gasteiger partial charge in [-0.15, -0.1) is 11.8 Å². The predicted molar refractivity (Wildman–Crippen MR) is 56.1 cm³/mol. The zero-order valence-electron chi connectivity index (χ0n) is 7.84. The van der Waals surface area contributed by atoms with Gasteiger partial charge in [-0.3, -0.25) is 9.59 Å². The zero-order valence-corrected chi connectivity index (χ0v) is 8.66. The van der Waals surface area contributed by atoms with Crippen LogP contribution in [0.25, 0.3) is 0 Å². The molecule has 0 bridgehead atoms. The lowest BCUT2D eigenvalue weighted by molar-refractivity contribution is -0.136. The molecule has 5 heteroatoms. The number of carboxylic acids is 2. The van der Waals surface area contributed by atoms with Crippen molar-refractivity contribution in [1.29, 1.82) is 0 Å². The van der Waals surface area contributed by atoms with Crippen molar-refractivity contribution < 1.29 is 19.8 Å². The minimum Gasteiger partial charge on any atom is -0.481 e. The minimum absolute atomic E-state index is 0.0100. The van der Waals surface area contributed by atoms with Crippen LogP contribution in [0.2, 0.25) is 0 Å². The first kappa shape index (κ1) is 11.6. The van der Waals surface area contributed by atoms with Crippen molar-refractivity contribution in [2.24, 2.45) is 0 Å². The number of benzene rings is 1. The fraction of sp³-hybridized carbons (Fsp3) is 0.200. The molecule has 1 aromatic rings. The normalized spacial score (nSPS) is 9.87. The van der Waals surface area contributed by atoms with E-state index in [2.05, 4.69) is 0 Å². The van der Waals surface area contributed by atoms with Crippen LogP contribution in [0.4, 0.5) is 0 Å². The van der Waals surface area contributed by atoms with Gasteiger partial charge in [-0.05, 0) is 17.7 Å². The van der Waals surface area contributed by atoms with Crippen LogP contribution in [0.1, 0.15) is 5.56 Å². The first-order chi connectivity index (χ1) is 7.08. The highest BCUT2D eigenvalue weighted by Crippen LogP contribution is 2.18. The summed E-state index contributed by atoms with van der Waals surface area (Å²) in [4.78, 5) is 21.5. The van der Waals surface area contributed by atoms with Crippen molar-refractivity contribution in [2.45, 2.75) is 11.3 Å². The summed E-state index contributed by atoms with van der Waals surface area (Å²) in [6, 6.07) is 6.84. The molecule has 0 aliphatic rings. The van der Waals surface area contributed by atoms with Crippen molar-refractivity contribution in [2.75, 3.05) is 5.75 Å². The number of carboxylic acid groups (broad SMARTS) is 2. The first-order valence-corrected chi connectivity index (χ1v) is 5.22. The van der Waals surface area contributed by atoms with Crippen LogP contribution in [0.5, 0.6) is 0 Å². The summed E-state index contributed by atoms with van der Waals surface area (Å²) in [6.45, 7) is 0. The SMILES string of the molecule is O=C(O)CSc1ccc(CC(=O)O)cc1. The van der Waals surface area contributed by atoms with Crippen molar-refractivity contribution in [3.05, 3.63) is 29.8 Å². The Morgan fingerprint density at radius 2 is 1.67 bits per heavy atom. The third-order valence-electron chi connectivity index (χ3n) is 1.64. The second-order valence-electron chi connectivity index (χ2n) is 2.90. The number of rotatable bonds is 5. The van der Waals surface area contributed by atoms with E-state index in [-0.39, 0.29) is 12.2 Å². The van der Waals surface area contributed by atoms with E-state index in [1.807, 2.05) is 0 Å². The molecule has 0 amide bonds. The van der Waals surface area contributed by atoms with Crippen molar-refractivity contribution in [1.82, 2.24) is 0 Å². The van der Waals surface area contributed by atoms with Gasteiger partial charge in [0.15, 0.2) is 0 Å². The standard InChI is InChI=1S/C10H10O4S/c11-9(12)5-7-1-3-8(4-2-7)15-6-10(13)14/h1-4H,5-6H2,(H,11,12)(H,13,14). The number of hydrogen-bond donors (Lipinski definition) is 2. The Hall–Kier alpha value is -1.49. The van der Waals surface area contributed by atoms with Crippen molar-refractivity contribution >= 4 is 23.7 Å². The highest BCUT2D eigenvalue weighted by atomic mass is 32.2. The molecule has 0 fully saturated rings. The summed E-state index contributed by atoms with van der Waals surface area (Å²) in [5.41, 5.74) is 0.710. The zero-order chi connectivity index (χ0) is 11.3. The molecule has 0 saturated heterocycles. The number of hydrogen-bond acceptors (Lipinski definition) is 3. The van der Waals surface area contributed by atoms with E-state index in [9.17, 15) is 9.59 Å². The molecule has 0 spiro atoms. The molecule has 0 heterocycles. The lowest BCUT2D eigenvalue weighted by Crippen LogP contribution is -2.00. The summed E-state index contributed by atoms with van der Waals surface area (Å²) in [5, 5.41) is 17.0. The lowest BCUT2D eigenvalue weighted by Gasteiger charge is -2.00. The number of carbonyl (C=O) groups is 2. The maximum absolute atomic E-state index is 10.4. The molecule has 1 rings (SSSR count). The fourth-order valence-electron chi connectivity index (χ4n) is 1.02. The van der Waals surface area contributed by atoms with E-state index in [1.54, 1.807) is 24.3 Å². The van der Waals surface area contributed by atoms with Gasteiger partial charge >= 0.3 is 11.9 Å². The van der Waals surface area contributed by atoms with E-state index in [0.29, 0.717) is 5.56 Å². The van der Waals surface area contributed by atoms with Crippen molar-refractivity contribution in [3.8, 4) is 0 Å². The molecule has 0 atom stereocenters. The summed E-state index contributed by atoms with van der Waals surface area (Å²) < 4.78 is 0. The van der Waals surface area contributed by atoms with Crippen LogP contribution in [0.15, 0.2) is 29.2 Å². The van der Waals surface area contributed by atoms with Crippen LogP contribution < -0.4 is 0 Å². The summed E-state index contributed by atoms with van der Waals surface area (Å²) in [7, 11) is 0. The molecule has 2 N–H and O–H groups in total. The molecule has 0 aliphatic heterocycles. The van der Waals surface area contributed by atoms with Gasteiger partial charge in [0.1, 0.15) is 0 Å². The summed E-state index contributed by atoms with van der Waals surface area (Å²) >= 11 is 1.21. The molecule has 4 nitrogen and oxygen atoms in total. The van der Waals surface area contributed by atoms with E-state index in [4.69, 9.17) is 10.2 Å². The number of thioether (sulfide) groups is 1. The van der Waals surface area contributed by atoms with Gasteiger partial charge < -0.3 is 10.2 Å². The number of aliphatic carboxylic acids is 2. The van der Waals surface area contributed by atoms with Gasteiger partial charge in [0, 0.05) is 4.90 Å². The van der Waals surface area contributed by atoms with Crippen LogP contribution in [0.3, 0.4) is 0 Å². The average molecular weight is 226 g/mol. The van der Waals surface area contributed by atoms with Crippen LogP contribution in [-0.4, -0.2) is 27.9 Å². The second-order valence-corrected chi connectivity index (χ2v) is 3.95. The molecular formula is C10H10O4S. The molecule has 0 aliphatic carbocycles.